The number of esters is 1. The second-order valence-electron chi connectivity index (χ2n) is 8.27. The average molecular weight is 562 g/mol. The molecule has 0 aliphatic carbocycles. The molecule has 0 aromatic heterocycles. The lowest BCUT2D eigenvalue weighted by Gasteiger charge is -2.14. The molecule has 5 nitrogen and oxygen atoms in total. The number of hydrogen-bond donors (Lipinski definition) is 0. The quantitative estimate of drug-likeness (QED) is 0.0660. The topological polar surface area (TPSA) is 61.8 Å². The minimum Gasteiger partial charge on any atom is -0.464 e. The maximum Gasteiger partial charge on any atom is 0.508 e. The monoisotopic (exact) mass is 560 g/mol. The molecule has 0 fully saturated rings. The van der Waals surface area contributed by atoms with Crippen molar-refractivity contribution in [3.05, 3.63) is 60.2 Å². The van der Waals surface area contributed by atoms with Crippen LogP contribution in [0.3, 0.4) is 0 Å². The molecule has 0 bridgehead atoms. The molecule has 0 N–H and O–H groups in total. The molecule has 0 amide bonds. The van der Waals surface area contributed by atoms with Gasteiger partial charge in [-0.05, 0) is 63.9 Å². The highest BCUT2D eigenvalue weighted by Crippen LogP contribution is 2.35. The number of alkyl halides is 1. The van der Waals surface area contributed by atoms with Gasteiger partial charge in [-0.1, -0.05) is 80.0 Å². The van der Waals surface area contributed by atoms with Crippen LogP contribution >= 0.6 is 37.5 Å². The number of rotatable bonds is 10. The minimum atomic E-state index is -0.677. The van der Waals surface area contributed by atoms with Crippen molar-refractivity contribution in [1.82, 2.24) is 0 Å². The Morgan fingerprint density at radius 1 is 0.794 bits per heavy atom. The molecule has 0 atom stereocenters. The third kappa shape index (κ3) is 6.09. The van der Waals surface area contributed by atoms with Crippen LogP contribution in [0.5, 0.6) is 0 Å². The van der Waals surface area contributed by atoms with E-state index in [9.17, 15) is 9.59 Å². The van der Waals surface area contributed by atoms with Crippen LogP contribution in [-0.4, -0.2) is 41.2 Å². The Bertz CT molecular complexity index is 1240. The Labute approximate surface area is 214 Å². The summed E-state index contributed by atoms with van der Waals surface area (Å²) in [5.41, 5.74) is 0.925. The van der Waals surface area contributed by atoms with E-state index < -0.39 is 10.5 Å². The standard InChI is InChI=1S/C26H25BrO5S2/c1-26(2,27)24(28)30-10-12-33-34-13-11-31-25(29)32-16-17-14-20-8-6-18-4-3-5-19-7-9-21(15-17)23(20)22(18)19/h3-9,14-15H,10-13,16H2,1-2H3. The lowest BCUT2D eigenvalue weighted by Crippen LogP contribution is -2.27. The zero-order valence-corrected chi connectivity index (χ0v) is 22.2. The van der Waals surface area contributed by atoms with E-state index in [1.807, 2.05) is 0 Å². The maximum absolute atomic E-state index is 12.0. The predicted molar refractivity (Wildman–Crippen MR) is 145 cm³/mol. The lowest BCUT2D eigenvalue weighted by atomic mass is 9.93. The molecule has 0 unspecified atom stereocenters. The number of carbonyl (C=O) groups is 2. The fraction of sp³-hybridized carbons (Fsp3) is 0.308. The number of ether oxygens (including phenoxy) is 3. The van der Waals surface area contributed by atoms with Crippen LogP contribution in [0, 0.1) is 0 Å². The van der Waals surface area contributed by atoms with Crippen molar-refractivity contribution < 1.29 is 23.8 Å². The normalized spacial score (nSPS) is 11.9. The van der Waals surface area contributed by atoms with Gasteiger partial charge < -0.3 is 14.2 Å². The number of carbonyl (C=O) groups excluding carboxylic acids is 2. The molecule has 0 heterocycles. The van der Waals surface area contributed by atoms with Crippen LogP contribution in [0.25, 0.3) is 32.3 Å². The summed E-state index contributed by atoms with van der Waals surface area (Å²) < 4.78 is 15.0. The number of benzene rings is 4. The molecule has 34 heavy (non-hydrogen) atoms. The van der Waals surface area contributed by atoms with Crippen molar-refractivity contribution in [1.29, 1.82) is 0 Å². The maximum atomic E-state index is 12.0. The fourth-order valence-electron chi connectivity index (χ4n) is 3.70. The molecule has 178 valence electrons. The third-order valence-corrected chi connectivity index (χ3v) is 7.89. The van der Waals surface area contributed by atoms with E-state index in [0.717, 1.165) is 16.3 Å². The third-order valence-electron chi connectivity index (χ3n) is 5.23. The number of halogens is 1. The summed E-state index contributed by atoms with van der Waals surface area (Å²) >= 11 is 3.27. The van der Waals surface area contributed by atoms with Gasteiger partial charge in [0.25, 0.3) is 0 Å². The van der Waals surface area contributed by atoms with Gasteiger partial charge in [-0.2, -0.15) is 0 Å². The highest BCUT2D eigenvalue weighted by molar-refractivity contribution is 9.10. The van der Waals surface area contributed by atoms with Crippen LogP contribution in [0.15, 0.2) is 54.6 Å². The Balaban J connectivity index is 1.20. The molecule has 0 aliphatic rings. The van der Waals surface area contributed by atoms with Crippen LogP contribution in [0.2, 0.25) is 0 Å². The van der Waals surface area contributed by atoms with Gasteiger partial charge in [-0.3, -0.25) is 4.79 Å². The number of hydrogen-bond acceptors (Lipinski definition) is 7. The zero-order chi connectivity index (χ0) is 24.1. The highest BCUT2D eigenvalue weighted by atomic mass is 79.9. The van der Waals surface area contributed by atoms with Crippen molar-refractivity contribution in [3.63, 3.8) is 0 Å². The Morgan fingerprint density at radius 3 is 1.91 bits per heavy atom. The van der Waals surface area contributed by atoms with E-state index in [1.54, 1.807) is 35.4 Å². The van der Waals surface area contributed by atoms with Gasteiger partial charge >= 0.3 is 12.1 Å². The molecule has 4 aromatic carbocycles. The Morgan fingerprint density at radius 2 is 1.32 bits per heavy atom. The first-order valence-electron chi connectivity index (χ1n) is 10.9. The van der Waals surface area contributed by atoms with Gasteiger partial charge in [0.2, 0.25) is 0 Å². The van der Waals surface area contributed by atoms with Crippen molar-refractivity contribution >= 4 is 82.0 Å². The predicted octanol–water partition coefficient (Wildman–Crippen LogP) is 7.34. The minimum absolute atomic E-state index is 0.159. The van der Waals surface area contributed by atoms with Gasteiger partial charge in [0.1, 0.15) is 24.1 Å². The zero-order valence-electron chi connectivity index (χ0n) is 19.0. The van der Waals surface area contributed by atoms with Gasteiger partial charge in [-0.25, -0.2) is 4.79 Å². The van der Waals surface area contributed by atoms with E-state index in [4.69, 9.17) is 14.2 Å². The summed E-state index contributed by atoms with van der Waals surface area (Å²) in [4.78, 5) is 23.6. The highest BCUT2D eigenvalue weighted by Gasteiger charge is 2.25. The molecule has 0 radical (unpaired) electrons. The van der Waals surface area contributed by atoms with Crippen LogP contribution in [-0.2, 0) is 25.6 Å². The molecule has 8 heteroatoms. The summed E-state index contributed by atoms with van der Waals surface area (Å²) in [6, 6.07) is 19.0. The second kappa shape index (κ2) is 11.1. The largest absolute Gasteiger partial charge is 0.508 e. The summed E-state index contributed by atoms with van der Waals surface area (Å²) in [6.45, 7) is 4.25. The summed E-state index contributed by atoms with van der Waals surface area (Å²) in [5, 5.41) is 7.22. The van der Waals surface area contributed by atoms with Gasteiger partial charge in [0.15, 0.2) is 0 Å². The van der Waals surface area contributed by atoms with E-state index in [-0.39, 0.29) is 19.2 Å². The van der Waals surface area contributed by atoms with Crippen molar-refractivity contribution in [2.75, 3.05) is 24.7 Å². The van der Waals surface area contributed by atoms with Gasteiger partial charge in [0, 0.05) is 11.5 Å². The average Bonchev–Trinajstić information content (AvgIpc) is 2.82. The molecular formula is C26H25BrO5S2. The first-order valence-corrected chi connectivity index (χ1v) is 14.2. The lowest BCUT2D eigenvalue weighted by molar-refractivity contribution is -0.144. The fourth-order valence-corrected chi connectivity index (χ4v) is 5.47. The first kappa shape index (κ1) is 24.9. The van der Waals surface area contributed by atoms with Crippen LogP contribution in [0.4, 0.5) is 4.79 Å². The molecule has 0 saturated heterocycles. The Hall–Kier alpha value is -2.16. The van der Waals surface area contributed by atoms with Gasteiger partial charge in [-0.15, -0.1) is 0 Å². The van der Waals surface area contributed by atoms with Crippen molar-refractivity contribution in [2.45, 2.75) is 24.8 Å². The van der Waals surface area contributed by atoms with E-state index in [2.05, 4.69) is 70.5 Å². The smallest absolute Gasteiger partial charge is 0.464 e. The van der Waals surface area contributed by atoms with Crippen LogP contribution in [0.1, 0.15) is 19.4 Å². The van der Waals surface area contributed by atoms with E-state index in [0.29, 0.717) is 18.1 Å². The SMILES string of the molecule is CC(C)(Br)C(=O)OCCSSCCOC(=O)OCc1cc2ccc3cccc4ccc(c1)c2c34. The first-order chi connectivity index (χ1) is 16.3. The van der Waals surface area contributed by atoms with E-state index >= 15 is 0 Å². The van der Waals surface area contributed by atoms with Crippen molar-refractivity contribution in [3.8, 4) is 0 Å². The van der Waals surface area contributed by atoms with Crippen LogP contribution < -0.4 is 0 Å². The molecule has 0 saturated carbocycles. The van der Waals surface area contributed by atoms with Crippen molar-refractivity contribution in [2.24, 2.45) is 0 Å². The molecule has 0 spiro atoms. The molecule has 4 aromatic rings. The Kier molecular flexibility index (Phi) is 8.11. The summed E-state index contributed by atoms with van der Waals surface area (Å²) in [5.74, 6) is 1.01. The summed E-state index contributed by atoms with van der Waals surface area (Å²) in [6.07, 6.45) is -0.677. The second-order valence-corrected chi connectivity index (χ2v) is 13.0. The molecule has 0 aliphatic heterocycles. The summed E-state index contributed by atoms with van der Waals surface area (Å²) in [7, 11) is 3.12. The molecule has 4 rings (SSSR count). The molecular weight excluding hydrogens is 536 g/mol. The van der Waals surface area contributed by atoms with Gasteiger partial charge in [0.05, 0.1) is 0 Å². The van der Waals surface area contributed by atoms with E-state index in [1.165, 1.54) is 21.5 Å².